The van der Waals surface area contributed by atoms with Gasteiger partial charge in [-0.05, 0) is 44.0 Å². The van der Waals surface area contributed by atoms with Crippen molar-refractivity contribution in [2.75, 3.05) is 18.9 Å². The van der Waals surface area contributed by atoms with Gasteiger partial charge in [0.15, 0.2) is 0 Å². The van der Waals surface area contributed by atoms with Crippen LogP contribution in [-0.4, -0.2) is 46.4 Å². The van der Waals surface area contributed by atoms with Crippen molar-refractivity contribution in [2.45, 2.75) is 20.8 Å². The molecule has 7 nitrogen and oxygen atoms in total. The zero-order chi connectivity index (χ0) is 19.4. The van der Waals surface area contributed by atoms with Crippen LogP contribution in [0.15, 0.2) is 30.5 Å². The van der Waals surface area contributed by atoms with Gasteiger partial charge in [0, 0.05) is 18.9 Å². The molecule has 0 saturated heterocycles. The summed E-state index contributed by atoms with van der Waals surface area (Å²) in [5.74, 6) is -2.02. The van der Waals surface area contributed by atoms with Crippen molar-refractivity contribution in [1.82, 2.24) is 9.88 Å². The van der Waals surface area contributed by atoms with Crippen LogP contribution in [0, 0.1) is 20.8 Å². The Hall–Kier alpha value is -3.22. The number of likely N-dealkylation sites (N-methyl/N-ethyl adjacent to an activating group) is 1. The van der Waals surface area contributed by atoms with E-state index in [9.17, 15) is 14.4 Å². The number of carbonyl (C=O) groups excluding carboxylic acids is 2. The fraction of sp³-hybridized carbons (Fsp3) is 0.263. The first-order valence-electron chi connectivity index (χ1n) is 8.01. The topological polar surface area (TPSA) is 99.6 Å². The van der Waals surface area contributed by atoms with Crippen LogP contribution in [0.5, 0.6) is 0 Å². The van der Waals surface area contributed by atoms with Crippen molar-refractivity contribution in [3.8, 4) is 0 Å². The number of nitrogens with zero attached hydrogens (tertiary/aromatic N) is 2. The molecule has 0 atom stereocenters. The third-order valence-corrected chi connectivity index (χ3v) is 3.89. The Balaban J connectivity index is 2.08. The molecule has 1 heterocycles. The summed E-state index contributed by atoms with van der Waals surface area (Å²) in [4.78, 5) is 40.8. The Morgan fingerprint density at radius 1 is 1.12 bits per heavy atom. The van der Waals surface area contributed by atoms with E-state index in [1.807, 2.05) is 32.9 Å². The summed E-state index contributed by atoms with van der Waals surface area (Å²) in [7, 11) is 1.46. The third-order valence-electron chi connectivity index (χ3n) is 3.89. The average Bonchev–Trinajstić information content (AvgIpc) is 2.57. The van der Waals surface area contributed by atoms with Crippen molar-refractivity contribution in [1.29, 1.82) is 0 Å². The van der Waals surface area contributed by atoms with Gasteiger partial charge in [-0.1, -0.05) is 17.7 Å². The molecule has 0 radical (unpaired) electrons. The maximum atomic E-state index is 12.4. The van der Waals surface area contributed by atoms with Crippen molar-refractivity contribution >= 4 is 23.5 Å². The lowest BCUT2D eigenvalue weighted by Gasteiger charge is -2.18. The summed E-state index contributed by atoms with van der Waals surface area (Å²) < 4.78 is 0. The maximum absolute atomic E-state index is 12.4. The molecule has 1 aromatic heterocycles. The molecule has 136 valence electrons. The Morgan fingerprint density at radius 3 is 2.31 bits per heavy atom. The van der Waals surface area contributed by atoms with Crippen molar-refractivity contribution in [3.05, 3.63) is 58.4 Å². The zero-order valence-corrected chi connectivity index (χ0v) is 15.2. The number of hydrogen-bond donors (Lipinski definition) is 2. The average molecular weight is 355 g/mol. The molecular formula is C19H21N3O4. The molecular weight excluding hydrogens is 334 g/mol. The molecule has 26 heavy (non-hydrogen) atoms. The van der Waals surface area contributed by atoms with E-state index in [1.54, 1.807) is 0 Å². The number of benzene rings is 1. The highest BCUT2D eigenvalue weighted by Crippen LogP contribution is 2.21. The number of aromatic nitrogens is 1. The number of carboxylic acids is 1. The minimum Gasteiger partial charge on any atom is -0.478 e. The van der Waals surface area contributed by atoms with Crippen molar-refractivity contribution < 1.29 is 19.5 Å². The lowest BCUT2D eigenvalue weighted by Crippen LogP contribution is -2.35. The van der Waals surface area contributed by atoms with Crippen LogP contribution in [-0.2, 0) is 4.79 Å². The molecule has 0 fully saturated rings. The number of pyridine rings is 1. The van der Waals surface area contributed by atoms with Crippen LogP contribution in [0.25, 0.3) is 0 Å². The number of aryl methyl sites for hydroxylation is 3. The van der Waals surface area contributed by atoms with Crippen LogP contribution >= 0.6 is 0 Å². The molecule has 0 spiro atoms. The van der Waals surface area contributed by atoms with E-state index >= 15 is 0 Å². The molecule has 2 rings (SSSR count). The quantitative estimate of drug-likeness (QED) is 0.858. The second kappa shape index (κ2) is 7.77. The molecule has 0 saturated carbocycles. The van der Waals surface area contributed by atoms with Gasteiger partial charge in [0.1, 0.15) is 5.69 Å². The Bertz CT molecular complexity index is 854. The molecule has 7 heteroatoms. The Morgan fingerprint density at radius 2 is 1.73 bits per heavy atom. The number of carbonyl (C=O) groups is 3. The number of rotatable bonds is 5. The van der Waals surface area contributed by atoms with Gasteiger partial charge in [-0.3, -0.25) is 14.6 Å². The monoisotopic (exact) mass is 355 g/mol. The fourth-order valence-corrected chi connectivity index (χ4v) is 2.72. The molecule has 0 aliphatic carbocycles. The van der Waals surface area contributed by atoms with E-state index in [0.717, 1.165) is 22.4 Å². The van der Waals surface area contributed by atoms with E-state index in [2.05, 4.69) is 10.3 Å². The van der Waals surface area contributed by atoms with Crippen LogP contribution in [0.2, 0.25) is 0 Å². The SMILES string of the molecule is Cc1cc(C)c(NC(=O)CN(C)C(=O)c2cc(C(=O)O)ccn2)c(C)c1. The van der Waals surface area contributed by atoms with Crippen LogP contribution in [0.3, 0.4) is 0 Å². The smallest absolute Gasteiger partial charge is 0.335 e. The van der Waals surface area contributed by atoms with Crippen LogP contribution in [0.1, 0.15) is 37.5 Å². The van der Waals surface area contributed by atoms with E-state index < -0.39 is 11.9 Å². The van der Waals surface area contributed by atoms with Crippen LogP contribution < -0.4 is 5.32 Å². The largest absolute Gasteiger partial charge is 0.478 e. The van der Waals surface area contributed by atoms with E-state index in [0.29, 0.717) is 0 Å². The van der Waals surface area contributed by atoms with Crippen LogP contribution in [0.4, 0.5) is 5.69 Å². The second-order valence-electron chi connectivity index (χ2n) is 6.22. The lowest BCUT2D eigenvalue weighted by molar-refractivity contribution is -0.116. The number of amides is 2. The maximum Gasteiger partial charge on any atom is 0.335 e. The summed E-state index contributed by atoms with van der Waals surface area (Å²) >= 11 is 0. The van der Waals surface area contributed by atoms with Gasteiger partial charge in [0.05, 0.1) is 12.1 Å². The zero-order valence-electron chi connectivity index (χ0n) is 15.2. The predicted octanol–water partition coefficient (Wildman–Crippen LogP) is 2.42. The van der Waals surface area contributed by atoms with Gasteiger partial charge in [0.2, 0.25) is 5.91 Å². The number of hydrogen-bond acceptors (Lipinski definition) is 4. The second-order valence-corrected chi connectivity index (χ2v) is 6.22. The lowest BCUT2D eigenvalue weighted by atomic mass is 10.1. The minimum absolute atomic E-state index is 0.0251. The predicted molar refractivity (Wildman–Crippen MR) is 97.4 cm³/mol. The molecule has 2 aromatic rings. The molecule has 0 bridgehead atoms. The molecule has 1 aromatic carbocycles. The number of aromatic carboxylic acids is 1. The van der Waals surface area contributed by atoms with Gasteiger partial charge in [-0.2, -0.15) is 0 Å². The van der Waals surface area contributed by atoms with Gasteiger partial charge in [-0.25, -0.2) is 4.79 Å². The summed E-state index contributed by atoms with van der Waals surface area (Å²) in [5.41, 5.74) is 3.67. The highest BCUT2D eigenvalue weighted by Gasteiger charge is 2.18. The summed E-state index contributed by atoms with van der Waals surface area (Å²) in [6.07, 6.45) is 1.25. The van der Waals surface area contributed by atoms with Crippen molar-refractivity contribution in [2.24, 2.45) is 0 Å². The van der Waals surface area contributed by atoms with E-state index in [-0.39, 0.29) is 23.7 Å². The van der Waals surface area contributed by atoms with Crippen molar-refractivity contribution in [3.63, 3.8) is 0 Å². The molecule has 0 aliphatic rings. The first-order valence-corrected chi connectivity index (χ1v) is 8.01. The highest BCUT2D eigenvalue weighted by molar-refractivity contribution is 6.00. The van der Waals surface area contributed by atoms with E-state index in [1.165, 1.54) is 30.3 Å². The summed E-state index contributed by atoms with van der Waals surface area (Å²) in [6.45, 7) is 5.62. The first kappa shape index (κ1) is 19.1. The molecule has 2 N–H and O–H groups in total. The molecule has 0 aliphatic heterocycles. The number of nitrogens with one attached hydrogen (secondary N) is 1. The fourth-order valence-electron chi connectivity index (χ4n) is 2.72. The number of anilines is 1. The normalized spacial score (nSPS) is 10.3. The number of carboxylic acid groups (broad SMARTS) is 1. The molecule has 0 unspecified atom stereocenters. The minimum atomic E-state index is -1.15. The summed E-state index contributed by atoms with van der Waals surface area (Å²) in [5, 5.41) is 11.8. The Labute approximate surface area is 151 Å². The third kappa shape index (κ3) is 4.44. The van der Waals surface area contributed by atoms with Gasteiger partial charge in [0.25, 0.3) is 5.91 Å². The van der Waals surface area contributed by atoms with Gasteiger partial charge < -0.3 is 15.3 Å². The standard InChI is InChI=1S/C19H21N3O4/c1-11-7-12(2)17(13(3)8-11)21-16(23)10-22(4)18(24)15-9-14(19(25)26)5-6-20-15/h5-9H,10H2,1-4H3,(H,21,23)(H,25,26). The summed E-state index contributed by atoms with van der Waals surface area (Å²) in [6, 6.07) is 6.43. The highest BCUT2D eigenvalue weighted by atomic mass is 16.4. The first-order chi connectivity index (χ1) is 12.2. The van der Waals surface area contributed by atoms with Gasteiger partial charge >= 0.3 is 5.97 Å². The van der Waals surface area contributed by atoms with Gasteiger partial charge in [-0.15, -0.1) is 0 Å². The Kier molecular flexibility index (Phi) is 5.71. The molecule has 2 amide bonds. The van der Waals surface area contributed by atoms with E-state index in [4.69, 9.17) is 5.11 Å².